The van der Waals surface area contributed by atoms with Gasteiger partial charge in [0.15, 0.2) is 0 Å². The van der Waals surface area contributed by atoms with Crippen molar-refractivity contribution in [2.45, 2.75) is 38.3 Å². The SMILES string of the molecule is CC1OCCC1c1nc(N2CCN[C@@H](C)C2)n[nH]1. The van der Waals surface area contributed by atoms with Crippen LogP contribution in [0.3, 0.4) is 0 Å². The van der Waals surface area contributed by atoms with Gasteiger partial charge >= 0.3 is 0 Å². The Hall–Kier alpha value is -1.14. The highest BCUT2D eigenvalue weighted by atomic mass is 16.5. The molecule has 0 spiro atoms. The van der Waals surface area contributed by atoms with Crippen LogP contribution in [0.15, 0.2) is 0 Å². The third-order valence-electron chi connectivity index (χ3n) is 3.87. The average Bonchev–Trinajstić information content (AvgIpc) is 2.97. The molecule has 0 amide bonds. The van der Waals surface area contributed by atoms with Gasteiger partial charge in [-0.3, -0.25) is 5.10 Å². The van der Waals surface area contributed by atoms with E-state index in [0.717, 1.165) is 44.4 Å². The van der Waals surface area contributed by atoms with Crippen molar-refractivity contribution in [1.82, 2.24) is 20.5 Å². The first-order valence-electron chi connectivity index (χ1n) is 6.76. The van der Waals surface area contributed by atoms with E-state index in [1.54, 1.807) is 0 Å². The Bertz CT molecular complexity index is 407. The van der Waals surface area contributed by atoms with E-state index in [9.17, 15) is 0 Å². The smallest absolute Gasteiger partial charge is 0.244 e. The van der Waals surface area contributed by atoms with Gasteiger partial charge in [-0.1, -0.05) is 0 Å². The number of nitrogens with zero attached hydrogens (tertiary/aromatic N) is 3. The average molecular weight is 251 g/mol. The largest absolute Gasteiger partial charge is 0.378 e. The highest BCUT2D eigenvalue weighted by Crippen LogP contribution is 2.29. The van der Waals surface area contributed by atoms with Crippen LogP contribution in [-0.2, 0) is 4.74 Å². The molecule has 0 aromatic carbocycles. The summed E-state index contributed by atoms with van der Waals surface area (Å²) in [4.78, 5) is 6.89. The van der Waals surface area contributed by atoms with Crippen LogP contribution in [0.25, 0.3) is 0 Å². The quantitative estimate of drug-likeness (QED) is 0.801. The summed E-state index contributed by atoms with van der Waals surface area (Å²) in [5, 5.41) is 10.9. The van der Waals surface area contributed by atoms with E-state index >= 15 is 0 Å². The molecule has 100 valence electrons. The molecule has 3 heterocycles. The number of piperazine rings is 1. The number of aromatic nitrogens is 3. The number of aromatic amines is 1. The van der Waals surface area contributed by atoms with Crippen LogP contribution in [0.1, 0.15) is 32.0 Å². The molecule has 1 aromatic rings. The fourth-order valence-corrected chi connectivity index (χ4v) is 2.78. The van der Waals surface area contributed by atoms with Crippen LogP contribution in [0.4, 0.5) is 5.95 Å². The lowest BCUT2D eigenvalue weighted by molar-refractivity contribution is 0.117. The summed E-state index contributed by atoms with van der Waals surface area (Å²) < 4.78 is 5.58. The molecule has 0 bridgehead atoms. The van der Waals surface area contributed by atoms with Crippen molar-refractivity contribution >= 4 is 5.95 Å². The molecule has 18 heavy (non-hydrogen) atoms. The molecule has 2 aliphatic heterocycles. The van der Waals surface area contributed by atoms with Gasteiger partial charge in [0.2, 0.25) is 5.95 Å². The van der Waals surface area contributed by atoms with Crippen molar-refractivity contribution in [2.75, 3.05) is 31.1 Å². The molecule has 3 rings (SSSR count). The molecule has 2 N–H and O–H groups in total. The van der Waals surface area contributed by atoms with Gasteiger partial charge in [0.05, 0.1) is 6.10 Å². The van der Waals surface area contributed by atoms with Crippen molar-refractivity contribution in [1.29, 1.82) is 0 Å². The molecule has 2 fully saturated rings. The lowest BCUT2D eigenvalue weighted by Gasteiger charge is -2.30. The summed E-state index contributed by atoms with van der Waals surface area (Å²) >= 11 is 0. The fraction of sp³-hybridized carbons (Fsp3) is 0.833. The second-order valence-electron chi connectivity index (χ2n) is 5.29. The minimum absolute atomic E-state index is 0.243. The maximum Gasteiger partial charge on any atom is 0.244 e. The number of rotatable bonds is 2. The number of hydrogen-bond donors (Lipinski definition) is 2. The summed E-state index contributed by atoms with van der Waals surface area (Å²) in [7, 11) is 0. The van der Waals surface area contributed by atoms with Crippen molar-refractivity contribution in [3.05, 3.63) is 5.82 Å². The summed E-state index contributed by atoms with van der Waals surface area (Å²) in [6.07, 6.45) is 1.28. The summed E-state index contributed by atoms with van der Waals surface area (Å²) in [6, 6.07) is 0.495. The standard InChI is InChI=1S/C12H21N5O/c1-8-7-17(5-4-13-8)12-14-11(15-16-12)10-3-6-18-9(10)2/h8-10,13H,3-7H2,1-2H3,(H,14,15,16)/t8-,9?,10?/m0/s1. The minimum Gasteiger partial charge on any atom is -0.378 e. The van der Waals surface area contributed by atoms with Gasteiger partial charge in [0, 0.05) is 38.2 Å². The summed E-state index contributed by atoms with van der Waals surface area (Å²) in [6.45, 7) is 8.05. The molecule has 0 radical (unpaired) electrons. The molecule has 6 nitrogen and oxygen atoms in total. The lowest BCUT2D eigenvalue weighted by atomic mass is 10.0. The first-order chi connectivity index (χ1) is 8.74. The predicted molar refractivity (Wildman–Crippen MR) is 68.8 cm³/mol. The molecular formula is C12H21N5O. The van der Waals surface area contributed by atoms with Gasteiger partial charge < -0.3 is 15.0 Å². The third-order valence-corrected chi connectivity index (χ3v) is 3.87. The van der Waals surface area contributed by atoms with Crippen LogP contribution >= 0.6 is 0 Å². The van der Waals surface area contributed by atoms with Crippen LogP contribution in [-0.4, -0.2) is 53.6 Å². The van der Waals surface area contributed by atoms with E-state index < -0.39 is 0 Å². The monoisotopic (exact) mass is 251 g/mol. The molecule has 3 atom stereocenters. The second kappa shape index (κ2) is 4.85. The highest BCUT2D eigenvalue weighted by molar-refractivity contribution is 5.30. The zero-order valence-electron chi connectivity index (χ0n) is 11.0. The molecule has 2 aliphatic rings. The van der Waals surface area contributed by atoms with E-state index in [-0.39, 0.29) is 6.10 Å². The first-order valence-corrected chi connectivity index (χ1v) is 6.76. The number of anilines is 1. The normalized spacial score (nSPS) is 33.0. The molecule has 2 unspecified atom stereocenters. The molecule has 2 saturated heterocycles. The Labute approximate surface area is 107 Å². The highest BCUT2D eigenvalue weighted by Gasteiger charge is 2.29. The zero-order valence-corrected chi connectivity index (χ0v) is 11.0. The Morgan fingerprint density at radius 1 is 1.39 bits per heavy atom. The Morgan fingerprint density at radius 3 is 3.00 bits per heavy atom. The Kier molecular flexibility index (Phi) is 3.22. The van der Waals surface area contributed by atoms with Gasteiger partial charge in [0.1, 0.15) is 5.82 Å². The van der Waals surface area contributed by atoms with E-state index in [0.29, 0.717) is 12.0 Å². The van der Waals surface area contributed by atoms with Crippen molar-refractivity contribution in [3.8, 4) is 0 Å². The van der Waals surface area contributed by atoms with Gasteiger partial charge in [-0.2, -0.15) is 4.98 Å². The van der Waals surface area contributed by atoms with Crippen LogP contribution in [0, 0.1) is 0 Å². The number of nitrogens with one attached hydrogen (secondary N) is 2. The number of hydrogen-bond acceptors (Lipinski definition) is 5. The zero-order chi connectivity index (χ0) is 12.5. The van der Waals surface area contributed by atoms with Crippen molar-refractivity contribution in [3.63, 3.8) is 0 Å². The van der Waals surface area contributed by atoms with Gasteiger partial charge in [0.25, 0.3) is 0 Å². The van der Waals surface area contributed by atoms with E-state index in [4.69, 9.17) is 4.74 Å². The number of ether oxygens (including phenoxy) is 1. The Balaban J connectivity index is 1.72. The maximum absolute atomic E-state index is 5.58. The van der Waals surface area contributed by atoms with Gasteiger partial charge in [-0.05, 0) is 20.3 Å². The Morgan fingerprint density at radius 2 is 2.28 bits per heavy atom. The third kappa shape index (κ3) is 2.22. The summed E-state index contributed by atoms with van der Waals surface area (Å²) in [5.41, 5.74) is 0. The van der Waals surface area contributed by atoms with E-state index in [1.165, 1.54) is 0 Å². The van der Waals surface area contributed by atoms with Gasteiger partial charge in [-0.25, -0.2) is 0 Å². The molecule has 0 aliphatic carbocycles. The van der Waals surface area contributed by atoms with Crippen LogP contribution < -0.4 is 10.2 Å². The van der Waals surface area contributed by atoms with Crippen molar-refractivity contribution < 1.29 is 4.74 Å². The van der Waals surface area contributed by atoms with E-state index in [2.05, 4.69) is 39.2 Å². The molecule has 0 saturated carbocycles. The summed E-state index contributed by atoms with van der Waals surface area (Å²) in [5.74, 6) is 2.17. The number of H-pyrrole nitrogens is 1. The van der Waals surface area contributed by atoms with Crippen LogP contribution in [0.5, 0.6) is 0 Å². The molecule has 1 aromatic heterocycles. The van der Waals surface area contributed by atoms with Crippen LogP contribution in [0.2, 0.25) is 0 Å². The second-order valence-corrected chi connectivity index (χ2v) is 5.29. The maximum atomic E-state index is 5.58. The molecule has 6 heteroatoms. The lowest BCUT2D eigenvalue weighted by Crippen LogP contribution is -2.49. The minimum atomic E-state index is 0.243. The van der Waals surface area contributed by atoms with E-state index in [1.807, 2.05) is 0 Å². The molecular weight excluding hydrogens is 230 g/mol. The van der Waals surface area contributed by atoms with Crippen molar-refractivity contribution in [2.24, 2.45) is 0 Å². The first kappa shape index (κ1) is 11.9. The fourth-order valence-electron chi connectivity index (χ4n) is 2.78. The predicted octanol–water partition coefficient (Wildman–Crippen LogP) is 0.495. The topological polar surface area (TPSA) is 66.1 Å². The van der Waals surface area contributed by atoms with Gasteiger partial charge in [-0.15, -0.1) is 5.10 Å².